The molecular formula is C11H11NOS. The van der Waals surface area contributed by atoms with E-state index in [9.17, 15) is 0 Å². The van der Waals surface area contributed by atoms with Gasteiger partial charge in [-0.15, -0.1) is 0 Å². The molecule has 0 amide bonds. The molecule has 2 nitrogen and oxygen atoms in total. The maximum atomic E-state index is 8.56. The first-order valence-electron chi connectivity index (χ1n) is 4.25. The fourth-order valence-corrected chi connectivity index (χ4v) is 1.06. The quantitative estimate of drug-likeness (QED) is 0.605. The number of hydrogen-bond donors (Lipinski definition) is 1. The van der Waals surface area contributed by atoms with Gasteiger partial charge in [0.2, 0.25) is 0 Å². The fourth-order valence-electron chi connectivity index (χ4n) is 0.913. The fraction of sp³-hybridized carbons (Fsp3) is 0.182. The summed E-state index contributed by atoms with van der Waals surface area (Å²) in [5.74, 6) is 1.49. The molecule has 1 rings (SSSR count). The standard InChI is InChI=1S/C11H11NOS/c12-9-10-3-5-11(6-4-10)13-7-1-2-8-14/h1-6,14H,7-8H2. The lowest BCUT2D eigenvalue weighted by atomic mass is 10.2. The third-order valence-electron chi connectivity index (χ3n) is 1.60. The van der Waals surface area contributed by atoms with Gasteiger partial charge in [-0.05, 0) is 24.3 Å². The van der Waals surface area contributed by atoms with E-state index in [4.69, 9.17) is 10.00 Å². The third kappa shape index (κ3) is 3.55. The Hall–Kier alpha value is -1.40. The lowest BCUT2D eigenvalue weighted by Crippen LogP contribution is -1.93. The van der Waals surface area contributed by atoms with Gasteiger partial charge in [0, 0.05) is 5.75 Å². The third-order valence-corrected chi connectivity index (χ3v) is 1.81. The number of nitriles is 1. The van der Waals surface area contributed by atoms with Crippen LogP contribution >= 0.6 is 12.6 Å². The number of ether oxygens (including phenoxy) is 1. The van der Waals surface area contributed by atoms with Crippen molar-refractivity contribution in [3.05, 3.63) is 42.0 Å². The van der Waals surface area contributed by atoms with Crippen LogP contribution in [-0.4, -0.2) is 12.4 Å². The van der Waals surface area contributed by atoms with Crippen LogP contribution in [0.2, 0.25) is 0 Å². The average Bonchev–Trinajstić information content (AvgIpc) is 2.25. The predicted octanol–water partition coefficient (Wildman–Crippen LogP) is 2.42. The molecule has 0 aromatic heterocycles. The van der Waals surface area contributed by atoms with E-state index in [2.05, 4.69) is 18.7 Å². The lowest BCUT2D eigenvalue weighted by molar-refractivity contribution is 0.363. The van der Waals surface area contributed by atoms with Gasteiger partial charge in [0.1, 0.15) is 12.4 Å². The van der Waals surface area contributed by atoms with E-state index in [-0.39, 0.29) is 0 Å². The normalized spacial score (nSPS) is 10.0. The predicted molar refractivity (Wildman–Crippen MR) is 59.6 cm³/mol. The van der Waals surface area contributed by atoms with Gasteiger partial charge in [-0.1, -0.05) is 12.2 Å². The van der Waals surface area contributed by atoms with Crippen LogP contribution in [0.1, 0.15) is 5.56 Å². The zero-order valence-corrected chi connectivity index (χ0v) is 8.58. The molecule has 0 atom stereocenters. The highest BCUT2D eigenvalue weighted by molar-refractivity contribution is 7.80. The summed E-state index contributed by atoms with van der Waals surface area (Å²) in [5, 5.41) is 8.56. The first kappa shape index (κ1) is 10.7. The number of nitrogens with zero attached hydrogens (tertiary/aromatic N) is 1. The molecule has 0 radical (unpaired) electrons. The molecule has 0 N–H and O–H groups in total. The molecule has 0 spiro atoms. The average molecular weight is 205 g/mol. The molecule has 3 heteroatoms. The summed E-state index contributed by atoms with van der Waals surface area (Å²) in [6.07, 6.45) is 3.83. The molecule has 0 unspecified atom stereocenters. The smallest absolute Gasteiger partial charge is 0.119 e. The Kier molecular flexibility index (Phi) is 4.66. The van der Waals surface area contributed by atoms with Gasteiger partial charge in [0.25, 0.3) is 0 Å². The number of rotatable bonds is 4. The van der Waals surface area contributed by atoms with Crippen molar-refractivity contribution in [2.24, 2.45) is 0 Å². The molecule has 0 saturated heterocycles. The Morgan fingerprint density at radius 1 is 1.29 bits per heavy atom. The van der Waals surface area contributed by atoms with Crippen LogP contribution in [0.15, 0.2) is 36.4 Å². The summed E-state index contributed by atoms with van der Waals surface area (Å²) >= 11 is 4.03. The second-order valence-electron chi connectivity index (χ2n) is 2.60. The van der Waals surface area contributed by atoms with E-state index in [1.807, 2.05) is 12.2 Å². The maximum absolute atomic E-state index is 8.56. The molecule has 1 aromatic rings. The summed E-state index contributed by atoms with van der Waals surface area (Å²) in [6.45, 7) is 0.534. The van der Waals surface area contributed by atoms with Crippen LogP contribution < -0.4 is 4.74 Å². The zero-order valence-electron chi connectivity index (χ0n) is 7.68. The van der Waals surface area contributed by atoms with Gasteiger partial charge in [0.15, 0.2) is 0 Å². The van der Waals surface area contributed by atoms with Crippen molar-refractivity contribution in [2.45, 2.75) is 0 Å². The highest BCUT2D eigenvalue weighted by Gasteiger charge is 1.92. The Balaban J connectivity index is 2.45. The molecule has 0 saturated carbocycles. The summed E-state index contributed by atoms with van der Waals surface area (Å²) in [7, 11) is 0. The second-order valence-corrected chi connectivity index (χ2v) is 2.97. The van der Waals surface area contributed by atoms with Crippen LogP contribution in [0.4, 0.5) is 0 Å². The largest absolute Gasteiger partial charge is 0.490 e. The van der Waals surface area contributed by atoms with Crippen LogP contribution in [0.25, 0.3) is 0 Å². The van der Waals surface area contributed by atoms with Crippen LogP contribution in [0.5, 0.6) is 5.75 Å². The van der Waals surface area contributed by atoms with Crippen LogP contribution in [-0.2, 0) is 0 Å². The summed E-state index contributed by atoms with van der Waals surface area (Å²) in [6, 6.07) is 9.09. The van der Waals surface area contributed by atoms with E-state index in [1.54, 1.807) is 24.3 Å². The summed E-state index contributed by atoms with van der Waals surface area (Å²) in [4.78, 5) is 0. The van der Waals surface area contributed by atoms with E-state index >= 15 is 0 Å². The number of benzene rings is 1. The minimum atomic E-state index is 0.534. The van der Waals surface area contributed by atoms with Crippen molar-refractivity contribution < 1.29 is 4.74 Å². The van der Waals surface area contributed by atoms with Crippen molar-refractivity contribution in [3.8, 4) is 11.8 Å². The summed E-state index contributed by atoms with van der Waals surface area (Å²) in [5.41, 5.74) is 0.642. The summed E-state index contributed by atoms with van der Waals surface area (Å²) < 4.78 is 5.38. The molecule has 0 bridgehead atoms. The van der Waals surface area contributed by atoms with E-state index in [1.165, 1.54) is 0 Å². The number of hydrogen-bond acceptors (Lipinski definition) is 3. The Labute approximate surface area is 89.2 Å². The Bertz CT molecular complexity index is 337. The lowest BCUT2D eigenvalue weighted by Gasteiger charge is -2.01. The van der Waals surface area contributed by atoms with Gasteiger partial charge >= 0.3 is 0 Å². The maximum Gasteiger partial charge on any atom is 0.119 e. The molecule has 72 valence electrons. The molecule has 0 fully saturated rings. The van der Waals surface area contributed by atoms with E-state index in [0.29, 0.717) is 12.2 Å². The number of thiol groups is 1. The van der Waals surface area contributed by atoms with E-state index < -0.39 is 0 Å². The molecular weight excluding hydrogens is 194 g/mol. The van der Waals surface area contributed by atoms with Crippen molar-refractivity contribution >= 4 is 12.6 Å². The molecule has 0 heterocycles. The first-order valence-corrected chi connectivity index (χ1v) is 4.89. The van der Waals surface area contributed by atoms with Crippen LogP contribution in [0.3, 0.4) is 0 Å². The minimum Gasteiger partial charge on any atom is -0.490 e. The molecule has 14 heavy (non-hydrogen) atoms. The van der Waals surface area contributed by atoms with Gasteiger partial charge in [-0.2, -0.15) is 17.9 Å². The Morgan fingerprint density at radius 2 is 2.00 bits per heavy atom. The highest BCUT2D eigenvalue weighted by atomic mass is 32.1. The molecule has 1 aromatic carbocycles. The zero-order chi connectivity index (χ0) is 10.2. The second kappa shape index (κ2) is 6.11. The van der Waals surface area contributed by atoms with Crippen molar-refractivity contribution in [1.29, 1.82) is 5.26 Å². The topological polar surface area (TPSA) is 33.0 Å². The highest BCUT2D eigenvalue weighted by Crippen LogP contribution is 2.11. The van der Waals surface area contributed by atoms with Gasteiger partial charge in [-0.25, -0.2) is 0 Å². The van der Waals surface area contributed by atoms with Gasteiger partial charge in [-0.3, -0.25) is 0 Å². The SMILES string of the molecule is N#Cc1ccc(OCC=CCS)cc1. The molecule has 0 aliphatic carbocycles. The van der Waals surface area contributed by atoms with Crippen molar-refractivity contribution in [3.63, 3.8) is 0 Å². The van der Waals surface area contributed by atoms with Gasteiger partial charge < -0.3 is 4.74 Å². The molecule has 0 aliphatic heterocycles. The van der Waals surface area contributed by atoms with E-state index in [0.717, 1.165) is 11.5 Å². The minimum absolute atomic E-state index is 0.534. The van der Waals surface area contributed by atoms with Crippen molar-refractivity contribution in [2.75, 3.05) is 12.4 Å². The van der Waals surface area contributed by atoms with Crippen molar-refractivity contribution in [1.82, 2.24) is 0 Å². The van der Waals surface area contributed by atoms with Crippen LogP contribution in [0, 0.1) is 11.3 Å². The first-order chi connectivity index (χ1) is 6.86. The Morgan fingerprint density at radius 3 is 2.57 bits per heavy atom. The molecule has 0 aliphatic rings. The van der Waals surface area contributed by atoms with Gasteiger partial charge in [0.05, 0.1) is 11.6 Å². The monoisotopic (exact) mass is 205 g/mol.